The van der Waals surface area contributed by atoms with Crippen molar-refractivity contribution in [2.45, 2.75) is 19.8 Å². The van der Waals surface area contributed by atoms with Crippen molar-refractivity contribution in [2.75, 3.05) is 11.4 Å². The maximum absolute atomic E-state index is 12.0. The molecule has 1 aromatic rings. The van der Waals surface area contributed by atoms with Crippen LogP contribution in [-0.2, 0) is 4.79 Å². The van der Waals surface area contributed by atoms with Crippen LogP contribution in [-0.4, -0.2) is 12.3 Å². The van der Waals surface area contributed by atoms with Crippen LogP contribution in [0.5, 0.6) is 0 Å². The molecule has 0 saturated heterocycles. The summed E-state index contributed by atoms with van der Waals surface area (Å²) in [6.07, 6.45) is 5.74. The summed E-state index contributed by atoms with van der Waals surface area (Å²) < 4.78 is 0. The highest BCUT2D eigenvalue weighted by molar-refractivity contribution is 6.07. The molecule has 2 nitrogen and oxygen atoms in total. The number of benzene rings is 1. The molecule has 17 heavy (non-hydrogen) atoms. The molecular weight excluding hydrogens is 210 g/mol. The predicted octanol–water partition coefficient (Wildman–Crippen LogP) is 3.16. The molecule has 2 heteroatoms. The maximum Gasteiger partial charge on any atom is 0.165 e. The van der Waals surface area contributed by atoms with Crippen molar-refractivity contribution in [2.24, 2.45) is 0 Å². The van der Waals surface area contributed by atoms with E-state index in [0.717, 1.165) is 29.8 Å². The van der Waals surface area contributed by atoms with Gasteiger partial charge in [-0.05, 0) is 31.1 Å². The number of fused-ring (bicyclic) bond motifs is 2. The van der Waals surface area contributed by atoms with Crippen LogP contribution >= 0.6 is 0 Å². The van der Waals surface area contributed by atoms with Gasteiger partial charge in [0.05, 0.1) is 0 Å². The lowest BCUT2D eigenvalue weighted by Gasteiger charge is -2.34. The number of para-hydroxylation sites is 1. The zero-order valence-electron chi connectivity index (χ0n) is 9.94. The Balaban J connectivity index is 2.22. The van der Waals surface area contributed by atoms with E-state index in [2.05, 4.69) is 30.0 Å². The highest BCUT2D eigenvalue weighted by Gasteiger charge is 2.27. The average Bonchev–Trinajstić information content (AvgIpc) is 2.37. The molecule has 3 rings (SSSR count). The predicted molar refractivity (Wildman–Crippen MR) is 69.8 cm³/mol. The van der Waals surface area contributed by atoms with Crippen molar-refractivity contribution in [3.8, 4) is 0 Å². The molecule has 0 unspecified atom stereocenters. The Morgan fingerprint density at radius 2 is 2.12 bits per heavy atom. The summed E-state index contributed by atoms with van der Waals surface area (Å²) >= 11 is 0. The molecule has 2 aliphatic rings. The Labute approximate surface area is 101 Å². The van der Waals surface area contributed by atoms with Gasteiger partial charge in [0.15, 0.2) is 5.78 Å². The number of nitrogens with zero attached hydrogens (tertiary/aromatic N) is 1. The third kappa shape index (κ3) is 1.52. The molecule has 1 aliphatic heterocycles. The van der Waals surface area contributed by atoms with E-state index < -0.39 is 0 Å². The number of rotatable bonds is 1. The van der Waals surface area contributed by atoms with Crippen LogP contribution in [0.2, 0.25) is 0 Å². The van der Waals surface area contributed by atoms with Gasteiger partial charge in [-0.1, -0.05) is 24.3 Å². The normalized spacial score (nSPS) is 18.2. The molecule has 1 aromatic carbocycles. The summed E-state index contributed by atoms with van der Waals surface area (Å²) in [6.45, 7) is 3.02. The number of Topliss-reactive ketones (excluding diaryl/α,β-unsaturated/α-hetero) is 1. The summed E-state index contributed by atoms with van der Waals surface area (Å²) in [5, 5.41) is 0. The molecule has 0 bridgehead atoms. The van der Waals surface area contributed by atoms with Gasteiger partial charge in [-0.25, -0.2) is 0 Å². The van der Waals surface area contributed by atoms with Crippen LogP contribution < -0.4 is 4.90 Å². The van der Waals surface area contributed by atoms with Crippen LogP contribution in [0.3, 0.4) is 0 Å². The number of anilines is 1. The lowest BCUT2D eigenvalue weighted by Crippen LogP contribution is -2.30. The number of allylic oxidation sites excluding steroid dienone is 2. The van der Waals surface area contributed by atoms with Crippen molar-refractivity contribution in [3.05, 3.63) is 47.2 Å². The monoisotopic (exact) mass is 225 g/mol. The lowest BCUT2D eigenvalue weighted by atomic mass is 9.90. The molecule has 0 fully saturated rings. The number of hydrogen-bond donors (Lipinski definition) is 0. The molecule has 0 saturated carbocycles. The lowest BCUT2D eigenvalue weighted by molar-refractivity contribution is -0.115. The van der Waals surface area contributed by atoms with Gasteiger partial charge in [0.2, 0.25) is 0 Å². The number of ketones is 1. The van der Waals surface area contributed by atoms with Gasteiger partial charge in [0.25, 0.3) is 0 Å². The van der Waals surface area contributed by atoms with E-state index in [1.54, 1.807) is 0 Å². The first kappa shape index (κ1) is 10.3. The first-order valence-corrected chi connectivity index (χ1v) is 6.13. The van der Waals surface area contributed by atoms with Crippen molar-refractivity contribution in [1.29, 1.82) is 0 Å². The van der Waals surface area contributed by atoms with Crippen LogP contribution in [0, 0.1) is 0 Å². The topological polar surface area (TPSA) is 20.3 Å². The minimum Gasteiger partial charge on any atom is -0.341 e. The average molecular weight is 225 g/mol. The van der Waals surface area contributed by atoms with E-state index in [4.69, 9.17) is 0 Å². The molecule has 0 radical (unpaired) electrons. The fourth-order valence-electron chi connectivity index (χ4n) is 2.62. The molecule has 0 atom stereocenters. The van der Waals surface area contributed by atoms with Crippen LogP contribution in [0.1, 0.15) is 25.3 Å². The minimum absolute atomic E-state index is 0.274. The smallest absolute Gasteiger partial charge is 0.165 e. The van der Waals surface area contributed by atoms with Crippen molar-refractivity contribution >= 4 is 17.5 Å². The van der Waals surface area contributed by atoms with Gasteiger partial charge in [0, 0.05) is 29.9 Å². The second-order valence-corrected chi connectivity index (χ2v) is 4.41. The Bertz CT molecular complexity index is 540. The maximum atomic E-state index is 12.0. The summed E-state index contributed by atoms with van der Waals surface area (Å²) in [4.78, 5) is 14.2. The molecule has 0 aromatic heterocycles. The largest absolute Gasteiger partial charge is 0.341 e. The molecule has 1 aliphatic carbocycles. The van der Waals surface area contributed by atoms with Gasteiger partial charge in [0.1, 0.15) is 0 Å². The summed E-state index contributed by atoms with van der Waals surface area (Å²) in [6, 6.07) is 8.26. The van der Waals surface area contributed by atoms with Crippen molar-refractivity contribution in [1.82, 2.24) is 0 Å². The van der Waals surface area contributed by atoms with E-state index in [-0.39, 0.29) is 5.78 Å². The zero-order chi connectivity index (χ0) is 11.8. The van der Waals surface area contributed by atoms with Gasteiger partial charge in [-0.2, -0.15) is 0 Å². The molecule has 0 amide bonds. The number of carbonyl (C=O) groups excluding carboxylic acids is 1. The van der Waals surface area contributed by atoms with Crippen molar-refractivity contribution < 1.29 is 4.79 Å². The van der Waals surface area contributed by atoms with Gasteiger partial charge in [-0.3, -0.25) is 4.79 Å². The quantitative estimate of drug-likeness (QED) is 0.731. The SMILES string of the molecule is CCN1C2=CCCC(=O)C2=Cc2ccccc21. The van der Waals surface area contributed by atoms with Crippen LogP contribution in [0.15, 0.2) is 41.6 Å². The van der Waals surface area contributed by atoms with E-state index in [0.29, 0.717) is 6.42 Å². The fourth-order valence-corrected chi connectivity index (χ4v) is 2.62. The summed E-state index contributed by atoms with van der Waals surface area (Å²) in [5.41, 5.74) is 4.34. The van der Waals surface area contributed by atoms with Crippen LogP contribution in [0.25, 0.3) is 6.08 Å². The summed E-state index contributed by atoms with van der Waals surface area (Å²) in [7, 11) is 0. The van der Waals surface area contributed by atoms with Gasteiger partial charge in [-0.15, -0.1) is 0 Å². The molecule has 1 heterocycles. The zero-order valence-corrected chi connectivity index (χ0v) is 9.94. The minimum atomic E-state index is 0.274. The second-order valence-electron chi connectivity index (χ2n) is 4.41. The van der Waals surface area contributed by atoms with Crippen LogP contribution in [0.4, 0.5) is 5.69 Å². The Morgan fingerprint density at radius 1 is 1.29 bits per heavy atom. The third-order valence-corrected chi connectivity index (χ3v) is 3.42. The number of likely N-dealkylation sites (N-methyl/N-ethyl adjacent to an activating group) is 1. The van der Waals surface area contributed by atoms with E-state index in [1.165, 1.54) is 5.69 Å². The Kier molecular flexibility index (Phi) is 2.36. The summed E-state index contributed by atoms with van der Waals surface area (Å²) in [5.74, 6) is 0.274. The molecule has 0 spiro atoms. The standard InChI is InChI=1S/C15H15NO/c1-2-16-13-7-4-3-6-11(13)10-12-14(16)8-5-9-15(12)17/h3-4,6-8,10H,2,5,9H2,1H3. The first-order chi connectivity index (χ1) is 8.31. The van der Waals surface area contributed by atoms with E-state index >= 15 is 0 Å². The number of hydrogen-bond acceptors (Lipinski definition) is 2. The first-order valence-electron chi connectivity index (χ1n) is 6.13. The van der Waals surface area contributed by atoms with Gasteiger partial charge < -0.3 is 4.90 Å². The molecule has 86 valence electrons. The fraction of sp³-hybridized carbons (Fsp3) is 0.267. The Hall–Kier alpha value is -1.83. The molecular formula is C15H15NO. The highest BCUT2D eigenvalue weighted by atomic mass is 16.1. The number of carbonyl (C=O) groups is 1. The Morgan fingerprint density at radius 3 is 2.94 bits per heavy atom. The van der Waals surface area contributed by atoms with Gasteiger partial charge >= 0.3 is 0 Å². The third-order valence-electron chi connectivity index (χ3n) is 3.42. The second kappa shape index (κ2) is 3.88. The molecule has 0 N–H and O–H groups in total. The van der Waals surface area contributed by atoms with E-state index in [9.17, 15) is 4.79 Å². The van der Waals surface area contributed by atoms with E-state index in [1.807, 2.05) is 18.2 Å². The highest BCUT2D eigenvalue weighted by Crippen LogP contribution is 2.37. The van der Waals surface area contributed by atoms with Crippen molar-refractivity contribution in [3.63, 3.8) is 0 Å².